The van der Waals surface area contributed by atoms with E-state index in [1.165, 1.54) is 0 Å². The smallest absolute Gasteiger partial charge is 0.211 e. The van der Waals surface area contributed by atoms with Crippen molar-refractivity contribution in [2.75, 3.05) is 32.1 Å². The molecule has 0 atom stereocenters. The first kappa shape index (κ1) is 18.0. The van der Waals surface area contributed by atoms with Crippen LogP contribution in [0.25, 0.3) is 16.9 Å². The van der Waals surface area contributed by atoms with E-state index in [2.05, 4.69) is 50.9 Å². The van der Waals surface area contributed by atoms with Gasteiger partial charge < -0.3 is 9.80 Å². The van der Waals surface area contributed by atoms with Crippen LogP contribution >= 0.6 is 15.9 Å². The normalized spacial score (nSPS) is 15.4. The van der Waals surface area contributed by atoms with Crippen molar-refractivity contribution >= 4 is 27.5 Å². The van der Waals surface area contributed by atoms with Crippen LogP contribution in [-0.2, 0) is 0 Å². The maximum absolute atomic E-state index is 9.04. The fraction of sp³-hybridized carbons (Fsp3) is 0.350. The number of rotatable bonds is 3. The molecule has 1 aliphatic rings. The summed E-state index contributed by atoms with van der Waals surface area (Å²) in [5.41, 5.74) is 3.32. The zero-order valence-electron chi connectivity index (χ0n) is 15.4. The van der Waals surface area contributed by atoms with Crippen LogP contribution < -0.4 is 4.90 Å². The number of aromatic nitrogens is 3. The zero-order valence-corrected chi connectivity index (χ0v) is 17.0. The summed E-state index contributed by atoms with van der Waals surface area (Å²) in [6, 6.07) is 10.3. The molecule has 3 heterocycles. The first-order chi connectivity index (χ1) is 13.1. The first-order valence-corrected chi connectivity index (χ1v) is 9.82. The zero-order chi connectivity index (χ0) is 19.0. The molecule has 0 saturated carbocycles. The summed E-state index contributed by atoms with van der Waals surface area (Å²) < 4.78 is 2.91. The van der Waals surface area contributed by atoms with Crippen molar-refractivity contribution in [2.24, 2.45) is 0 Å². The minimum Gasteiger partial charge on any atom is -0.342 e. The molecule has 0 amide bonds. The lowest BCUT2D eigenvalue weighted by atomic mass is 10.0. The van der Waals surface area contributed by atoms with E-state index < -0.39 is 0 Å². The Bertz CT molecular complexity index is 994. The van der Waals surface area contributed by atoms with Gasteiger partial charge in [-0.2, -0.15) is 5.26 Å². The second kappa shape index (κ2) is 7.29. The molecule has 2 aromatic heterocycles. The highest BCUT2D eigenvalue weighted by molar-refractivity contribution is 9.10. The Morgan fingerprint density at radius 2 is 1.89 bits per heavy atom. The molecule has 0 unspecified atom stereocenters. The lowest BCUT2D eigenvalue weighted by molar-refractivity contribution is 0.249. The molecular formula is C20H21BrN6. The number of fused-ring (bicyclic) bond motifs is 1. The number of nitriles is 1. The van der Waals surface area contributed by atoms with Crippen molar-refractivity contribution in [3.63, 3.8) is 0 Å². The van der Waals surface area contributed by atoms with Crippen LogP contribution in [0.15, 0.2) is 41.1 Å². The Balaban J connectivity index is 1.76. The second-order valence-corrected chi connectivity index (χ2v) is 7.86. The molecule has 0 radical (unpaired) electrons. The summed E-state index contributed by atoms with van der Waals surface area (Å²) in [4.78, 5) is 14.2. The summed E-state index contributed by atoms with van der Waals surface area (Å²) in [6.45, 7) is 1.94. The quantitative estimate of drug-likeness (QED) is 0.642. The van der Waals surface area contributed by atoms with E-state index in [4.69, 9.17) is 10.2 Å². The Morgan fingerprint density at radius 3 is 2.52 bits per heavy atom. The lowest BCUT2D eigenvalue weighted by Gasteiger charge is -2.36. The van der Waals surface area contributed by atoms with Gasteiger partial charge in [-0.05, 0) is 55.0 Å². The summed E-state index contributed by atoms with van der Waals surface area (Å²) in [5.74, 6) is 0.919. The molecule has 1 aromatic carbocycles. The predicted octanol–water partition coefficient (Wildman–Crippen LogP) is 3.56. The molecule has 0 spiro atoms. The van der Waals surface area contributed by atoms with Crippen LogP contribution in [-0.4, -0.2) is 52.5 Å². The van der Waals surface area contributed by atoms with Crippen molar-refractivity contribution in [1.29, 1.82) is 5.26 Å². The number of hydrogen-bond acceptors (Lipinski definition) is 5. The molecule has 1 saturated heterocycles. The third kappa shape index (κ3) is 3.31. The van der Waals surface area contributed by atoms with Crippen LogP contribution in [0.4, 0.5) is 5.95 Å². The molecule has 6 nitrogen and oxygen atoms in total. The molecule has 7 heteroatoms. The number of benzene rings is 1. The largest absolute Gasteiger partial charge is 0.342 e. The molecule has 0 aliphatic carbocycles. The monoisotopic (exact) mass is 424 g/mol. The van der Waals surface area contributed by atoms with E-state index in [-0.39, 0.29) is 0 Å². The van der Waals surface area contributed by atoms with Gasteiger partial charge >= 0.3 is 0 Å². The van der Waals surface area contributed by atoms with Crippen molar-refractivity contribution < 1.29 is 0 Å². The molecule has 1 fully saturated rings. The van der Waals surface area contributed by atoms with Gasteiger partial charge in [0.1, 0.15) is 0 Å². The number of imidazole rings is 1. The average molecular weight is 425 g/mol. The van der Waals surface area contributed by atoms with Crippen LogP contribution in [0.1, 0.15) is 18.4 Å². The molecule has 0 N–H and O–H groups in total. The number of halogens is 1. The van der Waals surface area contributed by atoms with Gasteiger partial charge in [-0.25, -0.2) is 9.97 Å². The third-order valence-corrected chi connectivity index (χ3v) is 5.97. The first-order valence-electron chi connectivity index (χ1n) is 9.03. The van der Waals surface area contributed by atoms with Crippen molar-refractivity contribution in [3.8, 4) is 17.3 Å². The fourth-order valence-electron chi connectivity index (χ4n) is 3.64. The lowest BCUT2D eigenvalue weighted by Crippen LogP contribution is -2.42. The van der Waals surface area contributed by atoms with Gasteiger partial charge in [0.25, 0.3) is 0 Å². The summed E-state index contributed by atoms with van der Waals surface area (Å²) in [7, 11) is 4.30. The highest BCUT2D eigenvalue weighted by Gasteiger charge is 2.25. The highest BCUT2D eigenvalue weighted by atomic mass is 79.9. The van der Waals surface area contributed by atoms with Gasteiger partial charge in [-0.15, -0.1) is 0 Å². The minimum absolute atomic E-state index is 0.618. The molecular weight excluding hydrogens is 404 g/mol. The Hall–Kier alpha value is -2.43. The van der Waals surface area contributed by atoms with Crippen LogP contribution in [0.2, 0.25) is 0 Å². The van der Waals surface area contributed by atoms with Crippen molar-refractivity contribution in [3.05, 3.63) is 46.7 Å². The van der Waals surface area contributed by atoms with E-state index in [1.54, 1.807) is 6.20 Å². The van der Waals surface area contributed by atoms with E-state index in [9.17, 15) is 0 Å². The van der Waals surface area contributed by atoms with E-state index in [0.717, 1.165) is 53.3 Å². The summed E-state index contributed by atoms with van der Waals surface area (Å²) >= 11 is 3.68. The summed E-state index contributed by atoms with van der Waals surface area (Å²) in [5, 5.41) is 9.04. The molecule has 1 aliphatic heterocycles. The fourth-order valence-corrected chi connectivity index (χ4v) is 4.25. The maximum Gasteiger partial charge on any atom is 0.211 e. The number of hydrogen-bond donors (Lipinski definition) is 0. The highest BCUT2D eigenvalue weighted by Crippen LogP contribution is 2.33. The number of anilines is 1. The number of nitrogens with zero attached hydrogens (tertiary/aromatic N) is 6. The maximum atomic E-state index is 9.04. The van der Waals surface area contributed by atoms with E-state index in [0.29, 0.717) is 11.6 Å². The minimum atomic E-state index is 0.618. The topological polar surface area (TPSA) is 60.5 Å². The van der Waals surface area contributed by atoms with E-state index >= 15 is 0 Å². The third-order valence-electron chi connectivity index (χ3n) is 5.24. The van der Waals surface area contributed by atoms with E-state index in [1.807, 2.05) is 34.9 Å². The van der Waals surface area contributed by atoms with Crippen molar-refractivity contribution in [2.45, 2.75) is 18.9 Å². The van der Waals surface area contributed by atoms with Gasteiger partial charge in [0.15, 0.2) is 5.65 Å². The predicted molar refractivity (Wildman–Crippen MR) is 110 cm³/mol. The molecule has 27 heavy (non-hydrogen) atoms. The molecule has 138 valence electrons. The van der Waals surface area contributed by atoms with Crippen molar-refractivity contribution in [1.82, 2.24) is 19.3 Å². The van der Waals surface area contributed by atoms with Gasteiger partial charge in [-0.1, -0.05) is 12.1 Å². The standard InChI is InChI=1S/C20H21BrN6/c1-25(2)16-7-10-26(11-8-16)20-24-18(15-5-3-14(13-22)4-6-15)17(21)19-23-9-12-27(19)20/h3-6,9,12,16H,7-8,10-11H2,1-2H3. The SMILES string of the molecule is CN(C)C1CCN(c2nc(-c3ccc(C#N)cc3)c(Br)c3nccn23)CC1. The van der Waals surface area contributed by atoms with Crippen LogP contribution in [0.5, 0.6) is 0 Å². The van der Waals surface area contributed by atoms with Gasteiger partial charge in [0.2, 0.25) is 5.95 Å². The van der Waals surface area contributed by atoms with Gasteiger partial charge in [0.05, 0.1) is 21.8 Å². The van der Waals surface area contributed by atoms with Crippen LogP contribution in [0, 0.1) is 11.3 Å². The van der Waals surface area contributed by atoms with Gasteiger partial charge in [-0.3, -0.25) is 4.40 Å². The Labute approximate surface area is 167 Å². The second-order valence-electron chi connectivity index (χ2n) is 7.07. The van der Waals surface area contributed by atoms with Crippen LogP contribution in [0.3, 0.4) is 0 Å². The molecule has 4 rings (SSSR count). The van der Waals surface area contributed by atoms with Gasteiger partial charge in [0, 0.05) is 37.1 Å². The number of piperidine rings is 1. The average Bonchev–Trinajstić information content (AvgIpc) is 3.19. The summed E-state index contributed by atoms with van der Waals surface area (Å²) in [6.07, 6.45) is 6.00. The Morgan fingerprint density at radius 1 is 1.19 bits per heavy atom. The molecule has 3 aromatic rings. The Kier molecular flexibility index (Phi) is 4.85. The molecule has 0 bridgehead atoms.